The largest absolute Gasteiger partial charge is 0.352 e. The van der Waals surface area contributed by atoms with Crippen LogP contribution in [0, 0.1) is 10.1 Å². The molecule has 5 nitrogen and oxygen atoms in total. The maximum Gasteiger partial charge on any atom is 0.284 e. The minimum absolute atomic E-state index is 0.124. The van der Waals surface area contributed by atoms with Gasteiger partial charge in [-0.25, -0.2) is 0 Å². The van der Waals surface area contributed by atoms with Gasteiger partial charge in [0.1, 0.15) is 0 Å². The lowest BCUT2D eigenvalue weighted by Gasteiger charge is -2.08. The minimum atomic E-state index is -0.486. The molecule has 0 radical (unpaired) electrons. The van der Waals surface area contributed by atoms with Gasteiger partial charge in [-0.15, -0.1) is 0 Å². The summed E-state index contributed by atoms with van der Waals surface area (Å²) in [6.07, 6.45) is 0.690. The van der Waals surface area contributed by atoms with Crippen molar-refractivity contribution >= 4 is 35.0 Å². The minimum Gasteiger partial charge on any atom is -0.352 e. The van der Waals surface area contributed by atoms with Gasteiger partial charge in [0, 0.05) is 23.1 Å². The fraction of sp³-hybridized carbons (Fsp3) is 0.0952. The number of carbonyl (C=O) groups excluding carboxylic acids is 1. The third kappa shape index (κ3) is 5.12. The van der Waals surface area contributed by atoms with Crippen LogP contribution in [0.4, 0.5) is 5.69 Å². The van der Waals surface area contributed by atoms with Gasteiger partial charge in [0.05, 0.1) is 14.8 Å². The first kappa shape index (κ1) is 19.9. The van der Waals surface area contributed by atoms with Crippen LogP contribution in [-0.4, -0.2) is 17.4 Å². The van der Waals surface area contributed by atoms with E-state index >= 15 is 0 Å². The molecular formula is C21H17ClN2O3S. The Morgan fingerprint density at radius 3 is 2.43 bits per heavy atom. The summed E-state index contributed by atoms with van der Waals surface area (Å²) >= 11 is 7.34. The van der Waals surface area contributed by atoms with Crippen molar-refractivity contribution in [2.75, 3.05) is 6.54 Å². The second-order valence-electron chi connectivity index (χ2n) is 5.96. The molecule has 3 aromatic rings. The zero-order chi connectivity index (χ0) is 19.9. The first-order valence-electron chi connectivity index (χ1n) is 8.57. The van der Waals surface area contributed by atoms with Crippen LogP contribution in [0.25, 0.3) is 0 Å². The van der Waals surface area contributed by atoms with Crippen LogP contribution in [0.3, 0.4) is 0 Å². The molecule has 0 unspecified atom stereocenters. The first-order valence-corrected chi connectivity index (χ1v) is 9.77. The molecular weight excluding hydrogens is 396 g/mol. The van der Waals surface area contributed by atoms with Crippen LogP contribution < -0.4 is 5.32 Å². The summed E-state index contributed by atoms with van der Waals surface area (Å²) in [5.41, 5.74) is 1.24. The Hall–Kier alpha value is -2.83. The Morgan fingerprint density at radius 1 is 1.00 bits per heavy atom. The maximum atomic E-state index is 12.4. The number of nitro groups is 1. The Balaban J connectivity index is 1.72. The van der Waals surface area contributed by atoms with Crippen molar-refractivity contribution in [1.82, 2.24) is 5.32 Å². The molecule has 0 bridgehead atoms. The topological polar surface area (TPSA) is 72.2 Å². The van der Waals surface area contributed by atoms with Crippen LogP contribution >= 0.6 is 23.4 Å². The van der Waals surface area contributed by atoms with E-state index in [-0.39, 0.29) is 17.2 Å². The summed E-state index contributed by atoms with van der Waals surface area (Å²) in [5.74, 6) is -0.340. The van der Waals surface area contributed by atoms with Gasteiger partial charge in [0.2, 0.25) is 0 Å². The molecule has 0 aliphatic carbocycles. The lowest BCUT2D eigenvalue weighted by Crippen LogP contribution is -2.25. The van der Waals surface area contributed by atoms with E-state index in [1.165, 1.54) is 17.8 Å². The molecule has 0 atom stereocenters. The Bertz CT molecular complexity index is 996. The van der Waals surface area contributed by atoms with Gasteiger partial charge in [-0.1, -0.05) is 65.8 Å². The predicted molar refractivity (Wildman–Crippen MR) is 111 cm³/mol. The second kappa shape index (κ2) is 9.39. The monoisotopic (exact) mass is 412 g/mol. The number of rotatable bonds is 7. The number of hydrogen-bond donors (Lipinski definition) is 1. The quantitative estimate of drug-likeness (QED) is 0.418. The highest BCUT2D eigenvalue weighted by Crippen LogP contribution is 2.38. The summed E-state index contributed by atoms with van der Waals surface area (Å²) in [5, 5.41) is 14.8. The number of nitrogens with one attached hydrogen (secondary N) is 1. The molecule has 7 heteroatoms. The van der Waals surface area contributed by atoms with Gasteiger partial charge >= 0.3 is 0 Å². The number of amides is 1. The number of benzene rings is 3. The molecule has 0 heterocycles. The second-order valence-corrected chi connectivity index (χ2v) is 7.45. The van der Waals surface area contributed by atoms with Gasteiger partial charge < -0.3 is 5.32 Å². The van der Waals surface area contributed by atoms with Gasteiger partial charge in [-0.2, -0.15) is 0 Å². The van der Waals surface area contributed by atoms with E-state index in [0.717, 1.165) is 5.56 Å². The number of halogens is 1. The SMILES string of the molecule is O=C(NCCc1ccccc1)c1ccc(Sc2ccccc2Cl)c([N+](=O)[O-])c1. The van der Waals surface area contributed by atoms with Gasteiger partial charge in [-0.3, -0.25) is 14.9 Å². The van der Waals surface area contributed by atoms with Crippen molar-refractivity contribution in [3.63, 3.8) is 0 Å². The molecule has 3 rings (SSSR count). The highest BCUT2D eigenvalue weighted by atomic mass is 35.5. The molecule has 1 N–H and O–H groups in total. The van der Waals surface area contributed by atoms with Crippen molar-refractivity contribution in [2.45, 2.75) is 16.2 Å². The van der Waals surface area contributed by atoms with Crippen molar-refractivity contribution < 1.29 is 9.72 Å². The van der Waals surface area contributed by atoms with Gasteiger partial charge in [0.15, 0.2) is 0 Å². The molecule has 0 saturated carbocycles. The number of nitrogens with zero attached hydrogens (tertiary/aromatic N) is 1. The molecule has 3 aromatic carbocycles. The van der Waals surface area contributed by atoms with Crippen molar-refractivity contribution in [3.8, 4) is 0 Å². The highest BCUT2D eigenvalue weighted by Gasteiger charge is 2.19. The van der Waals surface area contributed by atoms with Crippen molar-refractivity contribution in [1.29, 1.82) is 0 Å². The Kier molecular flexibility index (Phi) is 6.68. The Morgan fingerprint density at radius 2 is 1.71 bits per heavy atom. The summed E-state index contributed by atoms with van der Waals surface area (Å²) in [4.78, 5) is 24.5. The molecule has 0 spiro atoms. The zero-order valence-corrected chi connectivity index (χ0v) is 16.4. The van der Waals surface area contributed by atoms with Gasteiger partial charge in [0.25, 0.3) is 11.6 Å². The summed E-state index contributed by atoms with van der Waals surface area (Å²) < 4.78 is 0. The third-order valence-electron chi connectivity index (χ3n) is 4.02. The smallest absolute Gasteiger partial charge is 0.284 e. The summed E-state index contributed by atoms with van der Waals surface area (Å²) in [6, 6.07) is 21.4. The van der Waals surface area contributed by atoms with E-state index in [0.29, 0.717) is 27.8 Å². The number of nitro benzene ring substituents is 1. The first-order chi connectivity index (χ1) is 13.5. The molecule has 0 aliphatic heterocycles. The molecule has 28 heavy (non-hydrogen) atoms. The average molecular weight is 413 g/mol. The normalized spacial score (nSPS) is 10.5. The number of carbonyl (C=O) groups is 1. The van der Waals surface area contributed by atoms with E-state index in [1.54, 1.807) is 30.3 Å². The molecule has 1 amide bonds. The fourth-order valence-corrected chi connectivity index (χ4v) is 3.78. The van der Waals surface area contributed by atoms with E-state index < -0.39 is 4.92 Å². The van der Waals surface area contributed by atoms with Crippen LogP contribution in [0.15, 0.2) is 82.6 Å². The third-order valence-corrected chi connectivity index (χ3v) is 5.60. The molecule has 0 aromatic heterocycles. The predicted octanol–water partition coefficient (Wildman–Crippen LogP) is 5.37. The number of hydrogen-bond acceptors (Lipinski definition) is 4. The lowest BCUT2D eigenvalue weighted by molar-refractivity contribution is -0.387. The van der Waals surface area contributed by atoms with Crippen LogP contribution in [0.1, 0.15) is 15.9 Å². The van der Waals surface area contributed by atoms with Crippen LogP contribution in [-0.2, 0) is 6.42 Å². The van der Waals surface area contributed by atoms with Gasteiger partial charge in [-0.05, 0) is 36.2 Å². The zero-order valence-electron chi connectivity index (χ0n) is 14.8. The van der Waals surface area contributed by atoms with Crippen LogP contribution in [0.5, 0.6) is 0 Å². The standard InChI is InChI=1S/C21H17ClN2O3S/c22-17-8-4-5-9-19(17)28-20-11-10-16(14-18(20)24(26)27)21(25)23-13-12-15-6-2-1-3-7-15/h1-11,14H,12-13H2,(H,23,25). The van der Waals surface area contributed by atoms with Crippen LogP contribution in [0.2, 0.25) is 5.02 Å². The van der Waals surface area contributed by atoms with E-state index in [4.69, 9.17) is 11.6 Å². The van der Waals surface area contributed by atoms with E-state index in [9.17, 15) is 14.9 Å². The van der Waals surface area contributed by atoms with E-state index in [1.807, 2.05) is 36.4 Å². The molecule has 0 fully saturated rings. The highest BCUT2D eigenvalue weighted by molar-refractivity contribution is 7.99. The van der Waals surface area contributed by atoms with E-state index in [2.05, 4.69) is 5.32 Å². The van der Waals surface area contributed by atoms with Crippen molar-refractivity contribution in [2.24, 2.45) is 0 Å². The van der Waals surface area contributed by atoms with Crippen molar-refractivity contribution in [3.05, 3.63) is 99.1 Å². The maximum absolute atomic E-state index is 12.4. The summed E-state index contributed by atoms with van der Waals surface area (Å²) in [6.45, 7) is 0.451. The molecule has 142 valence electrons. The lowest BCUT2D eigenvalue weighted by atomic mass is 10.1. The Labute approximate surface area is 171 Å². The fourth-order valence-electron chi connectivity index (χ4n) is 2.60. The molecule has 0 saturated heterocycles. The average Bonchev–Trinajstić information content (AvgIpc) is 2.70. The summed E-state index contributed by atoms with van der Waals surface area (Å²) in [7, 11) is 0. The molecule has 0 aliphatic rings.